The Hall–Kier alpha value is -2.00. The van der Waals surface area contributed by atoms with Crippen molar-refractivity contribution in [1.29, 1.82) is 0 Å². The molecule has 1 heterocycles. The van der Waals surface area contributed by atoms with Crippen LogP contribution in [0.4, 0.5) is 5.69 Å². The lowest BCUT2D eigenvalue weighted by Gasteiger charge is -2.40. The van der Waals surface area contributed by atoms with Crippen LogP contribution in [0.3, 0.4) is 0 Å². The lowest BCUT2D eigenvalue weighted by atomic mass is 9.97. The van der Waals surface area contributed by atoms with E-state index >= 15 is 0 Å². The summed E-state index contributed by atoms with van der Waals surface area (Å²) in [5.74, 6) is 0. The molecule has 0 atom stereocenters. The minimum atomic E-state index is 0.0511. The minimum Gasteiger partial charge on any atom is -0.362 e. The van der Waals surface area contributed by atoms with Gasteiger partial charge >= 0.3 is 0 Å². The standard InChI is InChI=1S/C20H24ClN3/c1-5-20(2,3)24(13-15-6-8-17(21)9-7-15)18-10-11-19-16(12-18)14-23(4)22-19/h6-12,14H,5,13H2,1-4H3. The highest BCUT2D eigenvalue weighted by Crippen LogP contribution is 2.31. The van der Waals surface area contributed by atoms with Gasteiger partial charge in [-0.15, -0.1) is 0 Å². The Labute approximate surface area is 148 Å². The first-order valence-electron chi connectivity index (χ1n) is 8.34. The zero-order chi connectivity index (χ0) is 17.3. The van der Waals surface area contributed by atoms with Crippen LogP contribution in [0.25, 0.3) is 10.9 Å². The molecule has 4 heteroatoms. The van der Waals surface area contributed by atoms with Gasteiger partial charge in [0.25, 0.3) is 0 Å². The van der Waals surface area contributed by atoms with Crippen LogP contribution in [0.2, 0.25) is 5.02 Å². The molecule has 3 nitrogen and oxygen atoms in total. The second kappa shape index (κ2) is 6.48. The molecule has 0 N–H and O–H groups in total. The van der Waals surface area contributed by atoms with Gasteiger partial charge in [-0.2, -0.15) is 5.10 Å². The maximum absolute atomic E-state index is 6.03. The molecule has 0 spiro atoms. The summed E-state index contributed by atoms with van der Waals surface area (Å²) in [7, 11) is 1.96. The Bertz CT molecular complexity index is 834. The molecule has 0 amide bonds. The number of halogens is 1. The lowest BCUT2D eigenvalue weighted by Crippen LogP contribution is -2.43. The fourth-order valence-corrected chi connectivity index (χ4v) is 3.05. The van der Waals surface area contributed by atoms with Gasteiger partial charge in [0.2, 0.25) is 0 Å². The van der Waals surface area contributed by atoms with E-state index in [0.717, 1.165) is 23.5 Å². The molecule has 0 radical (unpaired) electrons. The van der Waals surface area contributed by atoms with E-state index in [1.165, 1.54) is 16.6 Å². The molecule has 24 heavy (non-hydrogen) atoms. The Morgan fingerprint density at radius 1 is 1.12 bits per heavy atom. The van der Waals surface area contributed by atoms with Gasteiger partial charge in [0.1, 0.15) is 0 Å². The Kier molecular flexibility index (Phi) is 4.55. The van der Waals surface area contributed by atoms with Crippen LogP contribution in [0, 0.1) is 0 Å². The zero-order valence-corrected chi connectivity index (χ0v) is 15.5. The van der Waals surface area contributed by atoms with E-state index in [4.69, 9.17) is 11.6 Å². The summed E-state index contributed by atoms with van der Waals surface area (Å²) in [6.07, 6.45) is 3.13. The number of aromatic nitrogens is 2. The molecule has 0 saturated heterocycles. The molecule has 3 rings (SSSR count). The van der Waals surface area contributed by atoms with Gasteiger partial charge in [-0.05, 0) is 56.2 Å². The first kappa shape index (κ1) is 16.8. The van der Waals surface area contributed by atoms with Crippen LogP contribution in [-0.4, -0.2) is 15.3 Å². The third kappa shape index (κ3) is 3.41. The van der Waals surface area contributed by atoms with Crippen LogP contribution in [-0.2, 0) is 13.6 Å². The summed E-state index contributed by atoms with van der Waals surface area (Å²) < 4.78 is 1.86. The molecule has 1 aromatic heterocycles. The lowest BCUT2D eigenvalue weighted by molar-refractivity contribution is 0.442. The van der Waals surface area contributed by atoms with E-state index in [0.29, 0.717) is 0 Å². The summed E-state index contributed by atoms with van der Waals surface area (Å²) in [6.45, 7) is 7.66. The molecule has 0 fully saturated rings. The second-order valence-corrected chi connectivity index (χ2v) is 7.36. The minimum absolute atomic E-state index is 0.0511. The van der Waals surface area contributed by atoms with Gasteiger partial charge in [-0.3, -0.25) is 4.68 Å². The molecule has 0 unspecified atom stereocenters. The van der Waals surface area contributed by atoms with Crippen molar-refractivity contribution >= 4 is 28.2 Å². The van der Waals surface area contributed by atoms with Crippen molar-refractivity contribution in [2.45, 2.75) is 39.3 Å². The van der Waals surface area contributed by atoms with E-state index in [9.17, 15) is 0 Å². The van der Waals surface area contributed by atoms with Gasteiger partial charge in [-0.25, -0.2) is 0 Å². The number of rotatable bonds is 5. The molecule has 0 aliphatic rings. The summed E-state index contributed by atoms with van der Waals surface area (Å²) in [5.41, 5.74) is 3.56. The maximum Gasteiger partial charge on any atom is 0.0924 e. The van der Waals surface area contributed by atoms with Crippen molar-refractivity contribution in [1.82, 2.24) is 9.78 Å². The monoisotopic (exact) mass is 341 g/mol. The topological polar surface area (TPSA) is 21.1 Å². The third-order valence-electron chi connectivity index (χ3n) is 4.76. The van der Waals surface area contributed by atoms with E-state index in [-0.39, 0.29) is 5.54 Å². The van der Waals surface area contributed by atoms with E-state index in [1.54, 1.807) is 0 Å². The summed E-state index contributed by atoms with van der Waals surface area (Å²) in [5, 5.41) is 6.42. The molecule has 126 valence electrons. The second-order valence-electron chi connectivity index (χ2n) is 6.92. The number of anilines is 1. The maximum atomic E-state index is 6.03. The van der Waals surface area contributed by atoms with Gasteiger partial charge < -0.3 is 4.90 Å². The predicted molar refractivity (Wildman–Crippen MR) is 103 cm³/mol. The van der Waals surface area contributed by atoms with Crippen LogP contribution >= 0.6 is 11.6 Å². The van der Waals surface area contributed by atoms with Crippen LogP contribution < -0.4 is 4.90 Å². The highest BCUT2D eigenvalue weighted by atomic mass is 35.5. The quantitative estimate of drug-likeness (QED) is 0.617. The SMILES string of the molecule is CCC(C)(C)N(Cc1ccc(Cl)cc1)c1ccc2nn(C)cc2c1. The number of fused-ring (bicyclic) bond motifs is 1. The fourth-order valence-electron chi connectivity index (χ4n) is 2.92. The summed E-state index contributed by atoms with van der Waals surface area (Å²) in [6, 6.07) is 14.6. The summed E-state index contributed by atoms with van der Waals surface area (Å²) in [4.78, 5) is 2.46. The Morgan fingerprint density at radius 2 is 1.83 bits per heavy atom. The van der Waals surface area contributed by atoms with Crippen molar-refractivity contribution in [2.75, 3.05) is 4.90 Å². The number of aryl methyl sites for hydroxylation is 1. The first-order valence-corrected chi connectivity index (χ1v) is 8.72. The highest BCUT2D eigenvalue weighted by molar-refractivity contribution is 6.30. The van der Waals surface area contributed by atoms with Gasteiger partial charge in [0, 0.05) is 41.4 Å². The van der Waals surface area contributed by atoms with E-state index in [2.05, 4.69) is 67.3 Å². The largest absolute Gasteiger partial charge is 0.362 e. The fraction of sp³-hybridized carbons (Fsp3) is 0.350. The molecule has 2 aromatic carbocycles. The molecule has 0 bridgehead atoms. The van der Waals surface area contributed by atoms with Crippen LogP contribution in [0.1, 0.15) is 32.8 Å². The number of hydrogen-bond acceptors (Lipinski definition) is 2. The Morgan fingerprint density at radius 3 is 2.50 bits per heavy atom. The average Bonchev–Trinajstić information content (AvgIpc) is 2.93. The van der Waals surface area contributed by atoms with Crippen molar-refractivity contribution in [3.8, 4) is 0 Å². The number of hydrogen-bond donors (Lipinski definition) is 0. The van der Waals surface area contributed by atoms with Gasteiger partial charge in [0.15, 0.2) is 0 Å². The number of benzene rings is 2. The van der Waals surface area contributed by atoms with E-state index in [1.807, 2.05) is 23.9 Å². The van der Waals surface area contributed by atoms with Crippen molar-refractivity contribution in [2.24, 2.45) is 7.05 Å². The Balaban J connectivity index is 2.00. The first-order chi connectivity index (χ1) is 11.4. The van der Waals surface area contributed by atoms with Crippen LogP contribution in [0.5, 0.6) is 0 Å². The predicted octanol–water partition coefficient (Wildman–Crippen LogP) is 5.42. The molecular formula is C20H24ClN3. The zero-order valence-electron chi connectivity index (χ0n) is 14.8. The van der Waals surface area contributed by atoms with Crippen LogP contribution in [0.15, 0.2) is 48.7 Å². The molecule has 0 aliphatic heterocycles. The van der Waals surface area contributed by atoms with E-state index < -0.39 is 0 Å². The summed E-state index contributed by atoms with van der Waals surface area (Å²) >= 11 is 6.03. The molecule has 3 aromatic rings. The van der Waals surface area contributed by atoms with Crippen molar-refractivity contribution in [3.63, 3.8) is 0 Å². The highest BCUT2D eigenvalue weighted by Gasteiger charge is 2.25. The molecule has 0 aliphatic carbocycles. The molecular weight excluding hydrogens is 318 g/mol. The smallest absolute Gasteiger partial charge is 0.0924 e. The molecule has 0 saturated carbocycles. The third-order valence-corrected chi connectivity index (χ3v) is 5.02. The van der Waals surface area contributed by atoms with Crippen molar-refractivity contribution < 1.29 is 0 Å². The average molecular weight is 342 g/mol. The van der Waals surface area contributed by atoms with Gasteiger partial charge in [-0.1, -0.05) is 30.7 Å². The van der Waals surface area contributed by atoms with Crippen molar-refractivity contribution in [3.05, 3.63) is 59.2 Å². The normalized spacial score (nSPS) is 11.9. The van der Waals surface area contributed by atoms with Gasteiger partial charge in [0.05, 0.1) is 5.52 Å². The number of nitrogens with zero attached hydrogens (tertiary/aromatic N) is 3.